The van der Waals surface area contributed by atoms with E-state index >= 15 is 0 Å². The highest BCUT2D eigenvalue weighted by Gasteiger charge is 2.19. The summed E-state index contributed by atoms with van der Waals surface area (Å²) < 4.78 is 0. The number of rotatable bonds is 5. The molecule has 0 radical (unpaired) electrons. The topological polar surface area (TPSA) is 65.1 Å². The summed E-state index contributed by atoms with van der Waals surface area (Å²) in [7, 11) is 0. The van der Waals surface area contributed by atoms with Crippen LogP contribution < -0.4 is 5.32 Å². The second-order valence-electron chi connectivity index (χ2n) is 4.92. The van der Waals surface area contributed by atoms with E-state index in [1.807, 2.05) is 60.8 Å². The molecule has 1 heterocycles. The normalized spacial score (nSPS) is 12.4. The smallest absolute Gasteiger partial charge is 0.325 e. The minimum atomic E-state index is -0.874. The minimum absolute atomic E-state index is 0.496. The standard InChI is InChI=1S/C17H16N2O2/c20-17(21)16(12-6-2-1-3-7-12)19-11-13-10-18-15-9-5-4-8-14(13)15/h1-10,16,18-19H,11H2,(H,20,21). The van der Waals surface area contributed by atoms with E-state index in [0.29, 0.717) is 6.54 Å². The molecule has 0 aliphatic carbocycles. The van der Waals surface area contributed by atoms with E-state index in [0.717, 1.165) is 22.0 Å². The molecule has 1 unspecified atom stereocenters. The maximum Gasteiger partial charge on any atom is 0.325 e. The van der Waals surface area contributed by atoms with Gasteiger partial charge in [-0.3, -0.25) is 10.1 Å². The van der Waals surface area contributed by atoms with Crippen molar-refractivity contribution in [1.29, 1.82) is 0 Å². The lowest BCUT2D eigenvalue weighted by Crippen LogP contribution is -2.27. The summed E-state index contributed by atoms with van der Waals surface area (Å²) in [5.41, 5.74) is 2.87. The Bertz CT molecular complexity index is 750. The van der Waals surface area contributed by atoms with Gasteiger partial charge in [-0.05, 0) is 17.2 Å². The predicted octanol–water partition coefficient (Wildman–Crippen LogP) is 3.08. The highest BCUT2D eigenvalue weighted by atomic mass is 16.4. The summed E-state index contributed by atoms with van der Waals surface area (Å²) in [6.07, 6.45) is 1.92. The van der Waals surface area contributed by atoms with Gasteiger partial charge in [-0.2, -0.15) is 0 Å². The number of para-hydroxylation sites is 1. The number of H-pyrrole nitrogens is 1. The molecule has 106 valence electrons. The Morgan fingerprint density at radius 3 is 2.57 bits per heavy atom. The van der Waals surface area contributed by atoms with Crippen LogP contribution >= 0.6 is 0 Å². The predicted molar refractivity (Wildman–Crippen MR) is 82.0 cm³/mol. The molecule has 0 spiro atoms. The van der Waals surface area contributed by atoms with Crippen LogP contribution in [0.25, 0.3) is 10.9 Å². The van der Waals surface area contributed by atoms with Crippen LogP contribution in [0.5, 0.6) is 0 Å². The Balaban J connectivity index is 1.80. The van der Waals surface area contributed by atoms with E-state index in [9.17, 15) is 9.90 Å². The largest absolute Gasteiger partial charge is 0.480 e. The molecule has 0 fully saturated rings. The molecule has 0 saturated heterocycles. The number of hydrogen-bond acceptors (Lipinski definition) is 2. The summed E-state index contributed by atoms with van der Waals surface area (Å²) >= 11 is 0. The zero-order valence-electron chi connectivity index (χ0n) is 11.4. The van der Waals surface area contributed by atoms with Crippen LogP contribution in [0.15, 0.2) is 60.8 Å². The van der Waals surface area contributed by atoms with Crippen LogP contribution in [0.2, 0.25) is 0 Å². The van der Waals surface area contributed by atoms with Crippen LogP contribution in [-0.2, 0) is 11.3 Å². The number of aromatic nitrogens is 1. The van der Waals surface area contributed by atoms with Gasteiger partial charge in [0.05, 0.1) is 0 Å². The lowest BCUT2D eigenvalue weighted by Gasteiger charge is -2.14. The van der Waals surface area contributed by atoms with Gasteiger partial charge in [0.15, 0.2) is 0 Å². The van der Waals surface area contributed by atoms with E-state index in [4.69, 9.17) is 0 Å². The van der Waals surface area contributed by atoms with Crippen molar-refractivity contribution in [2.24, 2.45) is 0 Å². The summed E-state index contributed by atoms with van der Waals surface area (Å²) in [6, 6.07) is 16.5. The summed E-state index contributed by atoms with van der Waals surface area (Å²) in [5.74, 6) is -0.874. The Hall–Kier alpha value is -2.59. The number of nitrogens with one attached hydrogen (secondary N) is 2. The molecule has 0 saturated carbocycles. The summed E-state index contributed by atoms with van der Waals surface area (Å²) in [5, 5.41) is 13.6. The average molecular weight is 280 g/mol. The number of carboxylic acids is 1. The number of carbonyl (C=O) groups is 1. The molecule has 3 aromatic rings. The van der Waals surface area contributed by atoms with Crippen molar-refractivity contribution in [2.45, 2.75) is 12.6 Å². The first-order chi connectivity index (χ1) is 10.3. The first-order valence-electron chi connectivity index (χ1n) is 6.82. The van der Waals surface area contributed by atoms with E-state index in [1.54, 1.807) is 0 Å². The molecule has 4 heteroatoms. The lowest BCUT2D eigenvalue weighted by atomic mass is 10.1. The Morgan fingerprint density at radius 2 is 1.81 bits per heavy atom. The van der Waals surface area contributed by atoms with Crippen LogP contribution in [0.1, 0.15) is 17.2 Å². The molecular weight excluding hydrogens is 264 g/mol. The third kappa shape index (κ3) is 2.80. The summed E-state index contributed by atoms with van der Waals surface area (Å²) in [4.78, 5) is 14.6. The number of aromatic amines is 1. The molecule has 2 aromatic carbocycles. The monoisotopic (exact) mass is 280 g/mol. The van der Waals surface area contributed by atoms with E-state index in [2.05, 4.69) is 10.3 Å². The fraction of sp³-hybridized carbons (Fsp3) is 0.118. The summed E-state index contributed by atoms with van der Waals surface area (Å²) in [6.45, 7) is 0.496. The molecular formula is C17H16N2O2. The fourth-order valence-electron chi connectivity index (χ4n) is 2.48. The molecule has 3 rings (SSSR count). The van der Waals surface area contributed by atoms with Crippen molar-refractivity contribution < 1.29 is 9.90 Å². The lowest BCUT2D eigenvalue weighted by molar-refractivity contribution is -0.139. The molecule has 0 bridgehead atoms. The second-order valence-corrected chi connectivity index (χ2v) is 4.92. The van der Waals surface area contributed by atoms with Gasteiger partial charge >= 0.3 is 5.97 Å². The third-order valence-electron chi connectivity index (χ3n) is 3.55. The molecule has 1 aromatic heterocycles. The molecule has 4 nitrogen and oxygen atoms in total. The van der Waals surface area contributed by atoms with Gasteiger partial charge in [-0.25, -0.2) is 0 Å². The van der Waals surface area contributed by atoms with E-state index in [1.165, 1.54) is 0 Å². The molecule has 21 heavy (non-hydrogen) atoms. The number of hydrogen-bond donors (Lipinski definition) is 3. The van der Waals surface area contributed by atoms with Crippen LogP contribution in [0.4, 0.5) is 0 Å². The molecule has 0 amide bonds. The zero-order valence-corrected chi connectivity index (χ0v) is 11.4. The van der Waals surface area contributed by atoms with Crippen LogP contribution in [0.3, 0.4) is 0 Å². The van der Waals surface area contributed by atoms with Crippen molar-refractivity contribution in [3.05, 3.63) is 71.9 Å². The van der Waals surface area contributed by atoms with Crippen molar-refractivity contribution in [3.63, 3.8) is 0 Å². The van der Waals surface area contributed by atoms with E-state index in [-0.39, 0.29) is 0 Å². The van der Waals surface area contributed by atoms with Crippen molar-refractivity contribution in [1.82, 2.24) is 10.3 Å². The number of benzene rings is 2. The quantitative estimate of drug-likeness (QED) is 0.673. The fourth-order valence-corrected chi connectivity index (χ4v) is 2.48. The van der Waals surface area contributed by atoms with Crippen molar-refractivity contribution in [3.8, 4) is 0 Å². The Labute approximate surface area is 122 Å². The highest BCUT2D eigenvalue weighted by molar-refractivity contribution is 5.83. The minimum Gasteiger partial charge on any atom is -0.480 e. The van der Waals surface area contributed by atoms with Gasteiger partial charge < -0.3 is 10.1 Å². The van der Waals surface area contributed by atoms with Gasteiger partial charge in [0.25, 0.3) is 0 Å². The Morgan fingerprint density at radius 1 is 1.10 bits per heavy atom. The maximum absolute atomic E-state index is 11.5. The SMILES string of the molecule is O=C(O)C(NCc1c[nH]c2ccccc12)c1ccccc1. The van der Waals surface area contributed by atoms with Gasteiger partial charge in [0, 0.05) is 23.6 Å². The molecule has 1 atom stereocenters. The highest BCUT2D eigenvalue weighted by Crippen LogP contribution is 2.19. The molecule has 3 N–H and O–H groups in total. The van der Waals surface area contributed by atoms with Gasteiger partial charge in [-0.15, -0.1) is 0 Å². The van der Waals surface area contributed by atoms with Crippen LogP contribution in [-0.4, -0.2) is 16.1 Å². The van der Waals surface area contributed by atoms with E-state index < -0.39 is 12.0 Å². The van der Waals surface area contributed by atoms with Gasteiger partial charge in [0.1, 0.15) is 6.04 Å². The number of carboxylic acid groups (broad SMARTS) is 1. The zero-order chi connectivity index (χ0) is 14.7. The van der Waals surface area contributed by atoms with Crippen molar-refractivity contribution >= 4 is 16.9 Å². The van der Waals surface area contributed by atoms with Gasteiger partial charge in [0.2, 0.25) is 0 Å². The maximum atomic E-state index is 11.5. The van der Waals surface area contributed by atoms with Gasteiger partial charge in [-0.1, -0.05) is 48.5 Å². The first kappa shape index (κ1) is 13.4. The Kier molecular flexibility index (Phi) is 3.71. The number of aliphatic carboxylic acids is 1. The number of fused-ring (bicyclic) bond motifs is 1. The third-order valence-corrected chi connectivity index (χ3v) is 3.55. The van der Waals surface area contributed by atoms with Crippen LogP contribution in [0, 0.1) is 0 Å². The molecule has 0 aliphatic heterocycles. The molecule has 0 aliphatic rings. The first-order valence-corrected chi connectivity index (χ1v) is 6.82. The average Bonchev–Trinajstić information content (AvgIpc) is 2.92. The van der Waals surface area contributed by atoms with Crippen molar-refractivity contribution in [2.75, 3.05) is 0 Å². The second kappa shape index (κ2) is 5.81.